The van der Waals surface area contributed by atoms with Gasteiger partial charge in [-0.15, -0.1) is 0 Å². The molecule has 1 N–H and O–H groups in total. The molecular formula is C22H21ClN4O2S. The van der Waals surface area contributed by atoms with Crippen molar-refractivity contribution in [1.82, 2.24) is 4.90 Å². The average molecular weight is 441 g/mol. The first-order valence-electron chi connectivity index (χ1n) is 9.64. The maximum absolute atomic E-state index is 12.6. The van der Waals surface area contributed by atoms with Crippen LogP contribution in [0.15, 0.2) is 52.4 Å². The molecule has 1 atom stereocenters. The van der Waals surface area contributed by atoms with Crippen LogP contribution in [0.3, 0.4) is 0 Å². The summed E-state index contributed by atoms with van der Waals surface area (Å²) in [4.78, 5) is 36.1. The Labute approximate surface area is 184 Å². The van der Waals surface area contributed by atoms with Crippen molar-refractivity contribution < 1.29 is 9.59 Å². The number of thioether (sulfide) groups is 1. The smallest absolute Gasteiger partial charge is 0.271 e. The van der Waals surface area contributed by atoms with E-state index in [1.54, 1.807) is 12.1 Å². The second-order valence-electron chi connectivity index (χ2n) is 7.54. The highest BCUT2D eigenvalue weighted by Crippen LogP contribution is 2.35. The van der Waals surface area contributed by atoms with Gasteiger partial charge < -0.3 is 5.32 Å². The first-order chi connectivity index (χ1) is 14.3. The third-order valence-electron chi connectivity index (χ3n) is 4.98. The minimum absolute atomic E-state index is 0.0535. The van der Waals surface area contributed by atoms with Gasteiger partial charge >= 0.3 is 0 Å². The van der Waals surface area contributed by atoms with Crippen LogP contribution in [-0.4, -0.2) is 39.5 Å². The van der Waals surface area contributed by atoms with Gasteiger partial charge in [0.05, 0.1) is 11.4 Å². The summed E-state index contributed by atoms with van der Waals surface area (Å²) in [7, 11) is 0. The zero-order valence-corrected chi connectivity index (χ0v) is 18.4. The van der Waals surface area contributed by atoms with Crippen molar-refractivity contribution in [2.24, 2.45) is 15.9 Å². The molecule has 2 aliphatic heterocycles. The molecule has 30 heavy (non-hydrogen) atoms. The van der Waals surface area contributed by atoms with Crippen LogP contribution in [-0.2, 0) is 9.59 Å². The highest BCUT2D eigenvalue weighted by molar-refractivity contribution is 8.14. The van der Waals surface area contributed by atoms with Crippen molar-refractivity contribution in [2.75, 3.05) is 11.1 Å². The maximum Gasteiger partial charge on any atom is 0.271 e. The zero-order valence-electron chi connectivity index (χ0n) is 16.8. The third kappa shape index (κ3) is 3.87. The molecule has 0 spiro atoms. The maximum atomic E-state index is 12.6. The largest absolute Gasteiger partial charge is 0.325 e. The van der Waals surface area contributed by atoms with E-state index in [2.05, 4.69) is 10.3 Å². The van der Waals surface area contributed by atoms with E-state index >= 15 is 0 Å². The van der Waals surface area contributed by atoms with E-state index < -0.39 is 6.04 Å². The Kier molecular flexibility index (Phi) is 5.66. The molecule has 6 nitrogen and oxygen atoms in total. The quantitative estimate of drug-likeness (QED) is 0.751. The lowest BCUT2D eigenvalue weighted by molar-refractivity contribution is -0.120. The molecule has 154 valence electrons. The van der Waals surface area contributed by atoms with E-state index in [9.17, 15) is 9.59 Å². The second kappa shape index (κ2) is 8.24. The van der Waals surface area contributed by atoms with Gasteiger partial charge in [-0.05, 0) is 42.7 Å². The van der Waals surface area contributed by atoms with E-state index in [1.807, 2.05) is 56.0 Å². The van der Waals surface area contributed by atoms with Crippen LogP contribution in [0.1, 0.15) is 25.0 Å². The molecule has 8 heteroatoms. The zero-order chi connectivity index (χ0) is 21.4. The number of amidine groups is 2. The molecule has 2 heterocycles. The Morgan fingerprint density at radius 3 is 2.77 bits per heavy atom. The Balaban J connectivity index is 1.57. The molecule has 0 radical (unpaired) electrons. The fourth-order valence-electron chi connectivity index (χ4n) is 3.51. The molecule has 0 aliphatic carbocycles. The van der Waals surface area contributed by atoms with Crippen LogP contribution in [0.5, 0.6) is 0 Å². The van der Waals surface area contributed by atoms with Crippen molar-refractivity contribution in [1.29, 1.82) is 0 Å². The van der Waals surface area contributed by atoms with E-state index in [-0.39, 0.29) is 23.5 Å². The summed E-state index contributed by atoms with van der Waals surface area (Å²) >= 11 is 7.34. The number of carbonyl (C=O) groups excluding carboxylic acids is 2. The number of aryl methyl sites for hydroxylation is 1. The first-order valence-corrected chi connectivity index (χ1v) is 11.0. The van der Waals surface area contributed by atoms with Gasteiger partial charge in [0.2, 0.25) is 5.91 Å². The molecular weight excluding hydrogens is 420 g/mol. The number of benzene rings is 2. The minimum Gasteiger partial charge on any atom is -0.325 e. The van der Waals surface area contributed by atoms with Crippen LogP contribution in [0.25, 0.3) is 0 Å². The third-order valence-corrected chi connectivity index (χ3v) is 6.17. The number of para-hydroxylation sites is 1. The predicted octanol–water partition coefficient (Wildman–Crippen LogP) is 4.63. The average Bonchev–Trinajstić information content (AvgIpc) is 3.06. The number of carbonyl (C=O) groups is 2. The summed E-state index contributed by atoms with van der Waals surface area (Å²) in [5, 5.41) is 4.07. The molecule has 2 aliphatic rings. The standard InChI is InChI=1S/C22H21ClN4O2S/c1-12(2)19-21(29)26-20-15-6-4-5-7-16(15)25-22(27(19)20)30-11-18(28)24-17-10-14(23)9-8-13(17)3/h4-10,12,19H,11H2,1-3H3,(H,24,28). The Morgan fingerprint density at radius 1 is 1.23 bits per heavy atom. The lowest BCUT2D eigenvalue weighted by Gasteiger charge is -2.32. The molecule has 1 unspecified atom stereocenters. The summed E-state index contributed by atoms with van der Waals surface area (Å²) in [5.74, 6) is 0.465. The number of hydrogen-bond donors (Lipinski definition) is 1. The molecule has 0 fully saturated rings. The number of hydrogen-bond acceptors (Lipinski definition) is 5. The van der Waals surface area contributed by atoms with Gasteiger partial charge in [0.1, 0.15) is 11.9 Å². The minimum atomic E-state index is -0.419. The fraction of sp³-hybridized carbons (Fsp3) is 0.273. The number of nitrogens with one attached hydrogen (secondary N) is 1. The molecule has 4 rings (SSSR count). The van der Waals surface area contributed by atoms with Crippen LogP contribution >= 0.6 is 23.4 Å². The highest BCUT2D eigenvalue weighted by atomic mass is 35.5. The van der Waals surface area contributed by atoms with E-state index in [0.29, 0.717) is 21.7 Å². The van der Waals surface area contributed by atoms with Gasteiger partial charge in [-0.2, -0.15) is 4.99 Å². The van der Waals surface area contributed by atoms with Gasteiger partial charge in [0.25, 0.3) is 5.91 Å². The van der Waals surface area contributed by atoms with Crippen molar-refractivity contribution in [3.63, 3.8) is 0 Å². The lowest BCUT2D eigenvalue weighted by Crippen LogP contribution is -2.46. The Hall–Kier alpha value is -2.64. The van der Waals surface area contributed by atoms with E-state index in [4.69, 9.17) is 16.6 Å². The summed E-state index contributed by atoms with van der Waals surface area (Å²) in [5.41, 5.74) is 3.19. The van der Waals surface area contributed by atoms with Crippen molar-refractivity contribution >= 4 is 57.6 Å². The molecule has 0 saturated carbocycles. The number of aliphatic imine (C=N–C) groups is 2. The topological polar surface area (TPSA) is 74.1 Å². The lowest BCUT2D eigenvalue weighted by atomic mass is 10.0. The van der Waals surface area contributed by atoms with E-state index in [0.717, 1.165) is 16.8 Å². The number of fused-ring (bicyclic) bond motifs is 3. The highest BCUT2D eigenvalue weighted by Gasteiger charge is 2.43. The van der Waals surface area contributed by atoms with Crippen molar-refractivity contribution in [3.05, 3.63) is 58.6 Å². The second-order valence-corrected chi connectivity index (χ2v) is 8.92. The summed E-state index contributed by atoms with van der Waals surface area (Å²) < 4.78 is 0. The molecule has 0 bridgehead atoms. The normalized spacial score (nSPS) is 17.4. The molecule has 2 amide bonds. The number of halogens is 1. The van der Waals surface area contributed by atoms with Crippen molar-refractivity contribution in [3.8, 4) is 0 Å². The summed E-state index contributed by atoms with van der Waals surface area (Å²) in [6, 6.07) is 12.6. The Bertz CT molecular complexity index is 1100. The van der Waals surface area contributed by atoms with Crippen molar-refractivity contribution in [2.45, 2.75) is 26.8 Å². The number of nitrogens with zero attached hydrogens (tertiary/aromatic N) is 3. The van der Waals surface area contributed by atoms with Crippen LogP contribution in [0.4, 0.5) is 11.4 Å². The van der Waals surface area contributed by atoms with Gasteiger partial charge in [0, 0.05) is 16.3 Å². The Morgan fingerprint density at radius 2 is 2.00 bits per heavy atom. The number of amides is 2. The van der Waals surface area contributed by atoms with Gasteiger partial charge in [0.15, 0.2) is 5.17 Å². The predicted molar refractivity (Wildman–Crippen MR) is 123 cm³/mol. The first kappa shape index (κ1) is 20.6. The van der Waals surface area contributed by atoms with E-state index in [1.165, 1.54) is 11.8 Å². The summed E-state index contributed by atoms with van der Waals surface area (Å²) in [6.07, 6.45) is 0. The van der Waals surface area contributed by atoms with Gasteiger partial charge in [-0.25, -0.2) is 4.99 Å². The SMILES string of the molecule is Cc1ccc(Cl)cc1NC(=O)CSC1=Nc2ccccc2C2=NC(=O)C(C(C)C)N12. The number of rotatable bonds is 4. The summed E-state index contributed by atoms with van der Waals surface area (Å²) in [6.45, 7) is 5.88. The van der Waals surface area contributed by atoms with Gasteiger partial charge in [-0.3, -0.25) is 14.5 Å². The molecule has 0 aromatic heterocycles. The fourth-order valence-corrected chi connectivity index (χ4v) is 4.52. The monoisotopic (exact) mass is 440 g/mol. The van der Waals surface area contributed by atoms with Crippen LogP contribution in [0, 0.1) is 12.8 Å². The van der Waals surface area contributed by atoms with Crippen LogP contribution in [0.2, 0.25) is 5.02 Å². The molecule has 2 aromatic rings. The van der Waals surface area contributed by atoms with Crippen LogP contribution < -0.4 is 5.32 Å². The molecule has 0 saturated heterocycles. The van der Waals surface area contributed by atoms with Gasteiger partial charge in [-0.1, -0.05) is 55.4 Å². The number of anilines is 1. The molecule has 2 aromatic carbocycles.